The van der Waals surface area contributed by atoms with Crippen LogP contribution in [0.3, 0.4) is 0 Å². The first-order valence-corrected chi connectivity index (χ1v) is 10.1. The Morgan fingerprint density at radius 1 is 1.30 bits per heavy atom. The molecule has 1 aliphatic heterocycles. The first-order chi connectivity index (χ1) is 11.0. The number of carbonyl (C=O) groups is 1. The van der Waals surface area contributed by atoms with Crippen molar-refractivity contribution in [2.45, 2.75) is 31.1 Å². The van der Waals surface area contributed by atoms with E-state index in [0.717, 1.165) is 37.7 Å². The molecule has 6 nitrogen and oxygen atoms in total. The number of aromatic nitrogens is 2. The fourth-order valence-corrected chi connectivity index (χ4v) is 4.78. The summed E-state index contributed by atoms with van der Waals surface area (Å²) in [4.78, 5) is 14.2. The molecular formula is C15H19N3O3S2. The molecule has 2 aromatic rings. The van der Waals surface area contributed by atoms with Crippen LogP contribution in [0.25, 0.3) is 11.0 Å². The van der Waals surface area contributed by atoms with Crippen molar-refractivity contribution in [2.75, 3.05) is 18.8 Å². The highest BCUT2D eigenvalue weighted by Gasteiger charge is 2.24. The van der Waals surface area contributed by atoms with E-state index < -0.39 is 9.84 Å². The molecule has 0 radical (unpaired) electrons. The standard InChI is InChI=1S/C15H19N3O3S2/c1-11-5-8-18(9-6-11)14(19)7-10-23(20,21)13-4-2-3-12-15(13)17-22-16-12/h2-4,11H,5-10H2,1H3. The fraction of sp³-hybridized carbons (Fsp3) is 0.533. The number of fused-ring (bicyclic) bond motifs is 1. The van der Waals surface area contributed by atoms with Crippen molar-refractivity contribution in [2.24, 2.45) is 5.92 Å². The third kappa shape index (κ3) is 3.53. The number of amides is 1. The minimum atomic E-state index is -3.54. The summed E-state index contributed by atoms with van der Waals surface area (Å²) >= 11 is 0.991. The number of hydrogen-bond donors (Lipinski definition) is 0. The van der Waals surface area contributed by atoms with Gasteiger partial charge in [-0.2, -0.15) is 8.75 Å². The lowest BCUT2D eigenvalue weighted by atomic mass is 9.99. The molecule has 0 atom stereocenters. The minimum Gasteiger partial charge on any atom is -0.343 e. The van der Waals surface area contributed by atoms with Gasteiger partial charge in [0.15, 0.2) is 9.84 Å². The predicted octanol–water partition coefficient (Wildman–Crippen LogP) is 2.11. The van der Waals surface area contributed by atoms with E-state index in [-0.39, 0.29) is 23.0 Å². The predicted molar refractivity (Wildman–Crippen MR) is 89.1 cm³/mol. The average Bonchev–Trinajstić information content (AvgIpc) is 3.01. The minimum absolute atomic E-state index is 0.0185. The molecule has 23 heavy (non-hydrogen) atoms. The van der Waals surface area contributed by atoms with E-state index in [2.05, 4.69) is 15.7 Å². The zero-order valence-corrected chi connectivity index (χ0v) is 14.6. The molecule has 0 N–H and O–H groups in total. The Balaban J connectivity index is 1.69. The summed E-state index contributed by atoms with van der Waals surface area (Å²) in [7, 11) is -3.54. The van der Waals surface area contributed by atoms with Crippen LogP contribution in [0.1, 0.15) is 26.2 Å². The lowest BCUT2D eigenvalue weighted by molar-refractivity contribution is -0.132. The average molecular weight is 353 g/mol. The van der Waals surface area contributed by atoms with Crippen LogP contribution < -0.4 is 0 Å². The molecule has 3 rings (SSSR count). The van der Waals surface area contributed by atoms with Gasteiger partial charge in [-0.15, -0.1) is 0 Å². The smallest absolute Gasteiger partial charge is 0.223 e. The van der Waals surface area contributed by atoms with Crippen LogP contribution in [-0.4, -0.2) is 46.8 Å². The Kier molecular flexibility index (Phi) is 4.63. The molecule has 1 amide bonds. The number of nitrogens with zero attached hydrogens (tertiary/aromatic N) is 3. The summed E-state index contributed by atoms with van der Waals surface area (Å²) in [5.74, 6) is 0.371. The van der Waals surface area contributed by atoms with Crippen molar-refractivity contribution in [1.82, 2.24) is 13.6 Å². The van der Waals surface area contributed by atoms with Gasteiger partial charge in [0, 0.05) is 19.5 Å². The maximum atomic E-state index is 12.5. The van der Waals surface area contributed by atoms with E-state index in [1.54, 1.807) is 17.0 Å². The Labute approximate surface area is 139 Å². The van der Waals surface area contributed by atoms with Crippen molar-refractivity contribution in [1.29, 1.82) is 0 Å². The molecule has 8 heteroatoms. The number of piperidine rings is 1. The van der Waals surface area contributed by atoms with Gasteiger partial charge in [0.1, 0.15) is 11.0 Å². The highest BCUT2D eigenvalue weighted by Crippen LogP contribution is 2.23. The zero-order chi connectivity index (χ0) is 16.4. The number of benzene rings is 1. The molecule has 0 bridgehead atoms. The SMILES string of the molecule is CC1CCN(C(=O)CCS(=O)(=O)c2cccc3nsnc23)CC1. The highest BCUT2D eigenvalue weighted by atomic mass is 32.2. The van der Waals surface area contributed by atoms with Crippen molar-refractivity contribution < 1.29 is 13.2 Å². The fourth-order valence-electron chi connectivity index (χ4n) is 2.78. The van der Waals surface area contributed by atoms with Crippen LogP contribution in [0.4, 0.5) is 0 Å². The maximum Gasteiger partial charge on any atom is 0.223 e. The first-order valence-electron chi connectivity index (χ1n) is 7.69. The zero-order valence-electron chi connectivity index (χ0n) is 12.9. The second kappa shape index (κ2) is 6.52. The summed E-state index contributed by atoms with van der Waals surface area (Å²) in [6.07, 6.45) is 2.00. The van der Waals surface area contributed by atoms with Gasteiger partial charge in [0.25, 0.3) is 0 Å². The van der Waals surface area contributed by atoms with Crippen LogP contribution in [0, 0.1) is 5.92 Å². The summed E-state index contributed by atoms with van der Waals surface area (Å²) in [6, 6.07) is 4.93. The van der Waals surface area contributed by atoms with Crippen molar-refractivity contribution >= 4 is 38.5 Å². The summed E-state index contributed by atoms with van der Waals surface area (Å²) < 4.78 is 33.2. The third-order valence-electron chi connectivity index (χ3n) is 4.31. The van der Waals surface area contributed by atoms with Crippen molar-refractivity contribution in [3.8, 4) is 0 Å². The van der Waals surface area contributed by atoms with Crippen molar-refractivity contribution in [3.05, 3.63) is 18.2 Å². The van der Waals surface area contributed by atoms with E-state index in [1.165, 1.54) is 6.07 Å². The lowest BCUT2D eigenvalue weighted by Gasteiger charge is -2.30. The molecule has 1 aromatic heterocycles. The van der Waals surface area contributed by atoms with Crippen LogP contribution in [0.5, 0.6) is 0 Å². The van der Waals surface area contributed by atoms with Crippen molar-refractivity contribution in [3.63, 3.8) is 0 Å². The largest absolute Gasteiger partial charge is 0.343 e. The highest BCUT2D eigenvalue weighted by molar-refractivity contribution is 7.91. The molecule has 1 aromatic carbocycles. The number of sulfone groups is 1. The van der Waals surface area contributed by atoms with Gasteiger partial charge in [-0.3, -0.25) is 4.79 Å². The van der Waals surface area contributed by atoms with Gasteiger partial charge in [0.05, 0.1) is 22.4 Å². The van der Waals surface area contributed by atoms with Crippen LogP contribution >= 0.6 is 11.7 Å². The van der Waals surface area contributed by atoms with Gasteiger partial charge >= 0.3 is 0 Å². The lowest BCUT2D eigenvalue weighted by Crippen LogP contribution is -2.38. The Morgan fingerprint density at radius 3 is 2.78 bits per heavy atom. The second-order valence-corrected chi connectivity index (χ2v) is 8.63. The number of carbonyl (C=O) groups excluding carboxylic acids is 1. The topological polar surface area (TPSA) is 80.2 Å². The molecule has 0 spiro atoms. The maximum absolute atomic E-state index is 12.5. The van der Waals surface area contributed by atoms with Gasteiger partial charge in [-0.1, -0.05) is 13.0 Å². The van der Waals surface area contributed by atoms with Gasteiger partial charge in [0.2, 0.25) is 5.91 Å². The normalized spacial score (nSPS) is 16.8. The molecule has 1 saturated heterocycles. The summed E-state index contributed by atoms with van der Waals surface area (Å²) in [5.41, 5.74) is 0.976. The van der Waals surface area contributed by atoms with Gasteiger partial charge in [-0.05, 0) is 30.9 Å². The molecule has 1 fully saturated rings. The van der Waals surface area contributed by atoms with E-state index in [4.69, 9.17) is 0 Å². The van der Waals surface area contributed by atoms with Crippen LogP contribution in [0.2, 0.25) is 0 Å². The molecule has 2 heterocycles. The number of likely N-dealkylation sites (tertiary alicyclic amines) is 1. The molecular weight excluding hydrogens is 334 g/mol. The molecule has 1 aliphatic rings. The molecule has 0 saturated carbocycles. The second-order valence-electron chi connectivity index (χ2n) is 6.02. The third-order valence-corrected chi connectivity index (χ3v) is 6.59. The summed E-state index contributed by atoms with van der Waals surface area (Å²) in [6.45, 7) is 3.63. The molecule has 124 valence electrons. The van der Waals surface area contributed by atoms with E-state index in [0.29, 0.717) is 17.0 Å². The molecule has 0 unspecified atom stereocenters. The summed E-state index contributed by atoms with van der Waals surface area (Å²) in [5, 5.41) is 0. The Morgan fingerprint density at radius 2 is 2.04 bits per heavy atom. The number of hydrogen-bond acceptors (Lipinski definition) is 6. The quantitative estimate of drug-likeness (QED) is 0.841. The first kappa shape index (κ1) is 16.3. The van der Waals surface area contributed by atoms with Gasteiger partial charge in [-0.25, -0.2) is 8.42 Å². The number of rotatable bonds is 4. The van der Waals surface area contributed by atoms with Gasteiger partial charge < -0.3 is 4.90 Å². The van der Waals surface area contributed by atoms with E-state index in [1.807, 2.05) is 0 Å². The van der Waals surface area contributed by atoms with E-state index in [9.17, 15) is 13.2 Å². The monoisotopic (exact) mass is 353 g/mol. The van der Waals surface area contributed by atoms with Crippen LogP contribution in [-0.2, 0) is 14.6 Å². The Bertz CT molecular complexity index is 808. The Hall–Kier alpha value is -1.54. The van der Waals surface area contributed by atoms with Crippen LogP contribution in [0.15, 0.2) is 23.1 Å². The molecule has 0 aliphatic carbocycles. The van der Waals surface area contributed by atoms with E-state index >= 15 is 0 Å².